The molecular formula is C21H37IN4O4. The van der Waals surface area contributed by atoms with Crippen molar-refractivity contribution in [3.63, 3.8) is 0 Å². The Morgan fingerprint density at radius 1 is 1.13 bits per heavy atom. The van der Waals surface area contributed by atoms with Crippen molar-refractivity contribution in [2.45, 2.75) is 31.8 Å². The first-order chi connectivity index (χ1) is 14.4. The summed E-state index contributed by atoms with van der Waals surface area (Å²) in [6.45, 7) is 9.58. The first-order valence-electron chi connectivity index (χ1n) is 10.9. The van der Waals surface area contributed by atoms with E-state index in [9.17, 15) is 0 Å². The molecule has 9 heteroatoms. The molecule has 0 aliphatic carbocycles. The first-order valence-corrected chi connectivity index (χ1v) is 10.9. The molecule has 1 aromatic heterocycles. The molecule has 30 heavy (non-hydrogen) atoms. The Bertz CT molecular complexity index is 561. The van der Waals surface area contributed by atoms with Crippen LogP contribution in [0.25, 0.3) is 0 Å². The van der Waals surface area contributed by atoms with E-state index in [4.69, 9.17) is 23.6 Å². The molecule has 3 rings (SSSR count). The van der Waals surface area contributed by atoms with Crippen molar-refractivity contribution in [2.24, 2.45) is 4.99 Å². The summed E-state index contributed by atoms with van der Waals surface area (Å²) in [5.74, 6) is 1.85. The van der Waals surface area contributed by atoms with Crippen LogP contribution in [0.4, 0.5) is 0 Å². The summed E-state index contributed by atoms with van der Waals surface area (Å²) in [7, 11) is 0. The van der Waals surface area contributed by atoms with Gasteiger partial charge in [0.1, 0.15) is 5.76 Å². The number of morpholine rings is 1. The van der Waals surface area contributed by atoms with E-state index in [2.05, 4.69) is 15.5 Å². The van der Waals surface area contributed by atoms with Crippen molar-refractivity contribution < 1.29 is 18.6 Å². The molecule has 1 aromatic rings. The fraction of sp³-hybridized carbons (Fsp3) is 0.762. The van der Waals surface area contributed by atoms with Crippen molar-refractivity contribution in [3.05, 3.63) is 24.2 Å². The van der Waals surface area contributed by atoms with Crippen molar-refractivity contribution >= 4 is 29.9 Å². The summed E-state index contributed by atoms with van der Waals surface area (Å²) in [4.78, 5) is 7.16. The molecule has 1 unspecified atom stereocenters. The quantitative estimate of drug-likeness (QED) is 0.183. The van der Waals surface area contributed by atoms with Gasteiger partial charge < -0.3 is 29.3 Å². The summed E-state index contributed by atoms with van der Waals surface area (Å²) >= 11 is 0. The lowest BCUT2D eigenvalue weighted by molar-refractivity contribution is 0.0376. The molecule has 0 bridgehead atoms. The van der Waals surface area contributed by atoms with E-state index < -0.39 is 0 Å². The summed E-state index contributed by atoms with van der Waals surface area (Å²) in [5.41, 5.74) is 0. The second-order valence-corrected chi connectivity index (χ2v) is 7.43. The summed E-state index contributed by atoms with van der Waals surface area (Å²) in [6.07, 6.45) is 5.82. The molecule has 0 aromatic carbocycles. The number of rotatable bonds is 12. The molecule has 2 aliphatic heterocycles. The highest BCUT2D eigenvalue weighted by molar-refractivity contribution is 14.0. The number of nitrogens with zero attached hydrogens (tertiary/aromatic N) is 2. The van der Waals surface area contributed by atoms with Crippen LogP contribution in [-0.4, -0.2) is 89.3 Å². The lowest BCUT2D eigenvalue weighted by Gasteiger charge is -2.26. The smallest absolute Gasteiger partial charge is 0.191 e. The number of ether oxygens (including phenoxy) is 3. The van der Waals surface area contributed by atoms with Crippen molar-refractivity contribution in [2.75, 3.05) is 72.3 Å². The summed E-state index contributed by atoms with van der Waals surface area (Å²) < 4.78 is 22.0. The van der Waals surface area contributed by atoms with Crippen LogP contribution in [0.2, 0.25) is 0 Å². The van der Waals surface area contributed by atoms with Gasteiger partial charge in [-0.15, -0.1) is 24.0 Å². The zero-order valence-corrected chi connectivity index (χ0v) is 20.2. The Labute approximate surface area is 197 Å². The highest BCUT2D eigenvalue weighted by atomic mass is 127. The number of hydrogen-bond donors (Lipinski definition) is 2. The molecule has 8 nitrogen and oxygen atoms in total. The highest BCUT2D eigenvalue weighted by Gasteiger charge is 2.15. The molecule has 1 atom stereocenters. The van der Waals surface area contributed by atoms with E-state index in [-0.39, 0.29) is 30.1 Å². The molecule has 2 saturated heterocycles. The third kappa shape index (κ3) is 10.4. The fourth-order valence-electron chi connectivity index (χ4n) is 3.42. The topological polar surface area (TPSA) is 80.5 Å². The maximum atomic E-state index is 5.82. The largest absolute Gasteiger partial charge is 0.469 e. The molecule has 0 saturated carbocycles. The number of hydrogen-bond acceptors (Lipinski definition) is 6. The van der Waals surface area contributed by atoms with E-state index in [1.807, 2.05) is 12.1 Å². The lowest BCUT2D eigenvalue weighted by Crippen LogP contribution is -2.41. The molecule has 3 heterocycles. The average molecular weight is 536 g/mol. The van der Waals surface area contributed by atoms with Gasteiger partial charge >= 0.3 is 0 Å². The maximum Gasteiger partial charge on any atom is 0.191 e. The minimum Gasteiger partial charge on any atom is -0.469 e. The van der Waals surface area contributed by atoms with Gasteiger partial charge in [0.05, 0.1) is 32.2 Å². The van der Waals surface area contributed by atoms with Gasteiger partial charge in [-0.05, 0) is 37.9 Å². The van der Waals surface area contributed by atoms with Gasteiger partial charge in [0.15, 0.2) is 5.96 Å². The van der Waals surface area contributed by atoms with Crippen molar-refractivity contribution in [1.82, 2.24) is 15.5 Å². The van der Waals surface area contributed by atoms with Gasteiger partial charge in [0, 0.05) is 52.4 Å². The van der Waals surface area contributed by atoms with E-state index in [0.717, 1.165) is 110 Å². The van der Waals surface area contributed by atoms with Gasteiger partial charge in [0.2, 0.25) is 0 Å². The summed E-state index contributed by atoms with van der Waals surface area (Å²) in [6, 6.07) is 3.92. The van der Waals surface area contributed by atoms with E-state index in [1.54, 1.807) is 6.26 Å². The molecular weight excluding hydrogens is 499 g/mol. The number of halogens is 1. The second kappa shape index (κ2) is 15.9. The van der Waals surface area contributed by atoms with E-state index in [1.165, 1.54) is 0 Å². The van der Waals surface area contributed by atoms with Crippen LogP contribution in [0.1, 0.15) is 25.0 Å². The van der Waals surface area contributed by atoms with Crippen LogP contribution >= 0.6 is 24.0 Å². The normalized spacial score (nSPS) is 20.1. The second-order valence-electron chi connectivity index (χ2n) is 7.43. The lowest BCUT2D eigenvalue weighted by atomic mass is 10.3. The van der Waals surface area contributed by atoms with Crippen LogP contribution in [0, 0.1) is 0 Å². The summed E-state index contributed by atoms with van der Waals surface area (Å²) in [5, 5.41) is 6.87. The molecule has 172 valence electrons. The van der Waals surface area contributed by atoms with Gasteiger partial charge in [-0.2, -0.15) is 0 Å². The third-order valence-corrected chi connectivity index (χ3v) is 5.11. The van der Waals surface area contributed by atoms with Gasteiger partial charge in [-0.25, -0.2) is 0 Å². The molecule has 0 amide bonds. The Balaban J connectivity index is 0.00000320. The van der Waals surface area contributed by atoms with E-state index in [0.29, 0.717) is 0 Å². The van der Waals surface area contributed by atoms with Crippen molar-refractivity contribution in [1.29, 1.82) is 0 Å². The highest BCUT2D eigenvalue weighted by Crippen LogP contribution is 2.08. The Kier molecular flexibility index (Phi) is 13.4. The predicted octanol–water partition coefficient (Wildman–Crippen LogP) is 1.89. The van der Waals surface area contributed by atoms with Crippen LogP contribution in [-0.2, 0) is 20.6 Å². The Hall–Kier alpha value is -0.880. The molecule has 0 spiro atoms. The predicted molar refractivity (Wildman–Crippen MR) is 128 cm³/mol. The average Bonchev–Trinajstić information content (AvgIpc) is 3.45. The molecule has 2 N–H and O–H groups in total. The minimum atomic E-state index is 0. The van der Waals surface area contributed by atoms with Gasteiger partial charge in [-0.3, -0.25) is 9.89 Å². The fourth-order valence-corrected chi connectivity index (χ4v) is 3.42. The number of furan rings is 1. The monoisotopic (exact) mass is 536 g/mol. The van der Waals surface area contributed by atoms with Crippen LogP contribution in [0.15, 0.2) is 27.8 Å². The zero-order valence-electron chi connectivity index (χ0n) is 17.9. The maximum absolute atomic E-state index is 5.82. The van der Waals surface area contributed by atoms with Crippen LogP contribution < -0.4 is 10.6 Å². The van der Waals surface area contributed by atoms with Crippen molar-refractivity contribution in [3.8, 4) is 0 Å². The van der Waals surface area contributed by atoms with Crippen LogP contribution in [0.5, 0.6) is 0 Å². The number of aliphatic imine (C=N–C) groups is 1. The molecule has 2 aliphatic rings. The SMILES string of the molecule is I.c1coc(CCNC(=NCCCOC2CCOC2)NCCCN2CCOCC2)c1. The Morgan fingerprint density at radius 3 is 2.77 bits per heavy atom. The number of guanidine groups is 1. The standard InChI is InChI=1S/C21H36N4O4.HI/c1-4-19(28-13-1)5-9-24-21(22-7-2-10-25-11-16-26-17-12-25)23-8-3-14-29-20-6-15-27-18-20;/h1,4,13,20H,2-3,5-12,14-18H2,(H2,22,23,24);1H. The van der Waals surface area contributed by atoms with Gasteiger partial charge in [0.25, 0.3) is 0 Å². The Morgan fingerprint density at radius 2 is 2.00 bits per heavy atom. The molecule has 0 radical (unpaired) electrons. The van der Waals surface area contributed by atoms with Crippen LogP contribution in [0.3, 0.4) is 0 Å². The van der Waals surface area contributed by atoms with E-state index >= 15 is 0 Å². The first kappa shape index (κ1) is 25.4. The minimum absolute atomic E-state index is 0. The zero-order chi connectivity index (χ0) is 20.0. The third-order valence-electron chi connectivity index (χ3n) is 5.11. The van der Waals surface area contributed by atoms with Gasteiger partial charge in [-0.1, -0.05) is 0 Å². The molecule has 2 fully saturated rings. The number of nitrogens with one attached hydrogen (secondary N) is 2.